The van der Waals surface area contributed by atoms with Crippen LogP contribution in [0, 0.1) is 0 Å². The second kappa shape index (κ2) is 34.1. The lowest BCUT2D eigenvalue weighted by Crippen LogP contribution is -2.42. The Balaban J connectivity index is 3.86. The van der Waals surface area contributed by atoms with Gasteiger partial charge in [-0.05, 0) is 12.8 Å². The highest BCUT2D eigenvalue weighted by Crippen LogP contribution is 2.15. The molecule has 7 nitrogen and oxygen atoms in total. The minimum Gasteiger partial charge on any atom is -0.480 e. The van der Waals surface area contributed by atoms with Crippen molar-refractivity contribution < 1.29 is 29.3 Å². The number of aliphatic carboxylic acids is 1. The molecule has 0 saturated heterocycles. The lowest BCUT2D eigenvalue weighted by molar-refractivity contribution is -0.150. The molecule has 0 aromatic heterocycles. The summed E-state index contributed by atoms with van der Waals surface area (Å²) in [5.41, 5.74) is 0. The average Bonchev–Trinajstić information content (AvgIpc) is 3.02. The fourth-order valence-electron chi connectivity index (χ4n) is 5.54. The van der Waals surface area contributed by atoms with Crippen molar-refractivity contribution in [2.75, 3.05) is 18.1 Å². The summed E-state index contributed by atoms with van der Waals surface area (Å²) in [4.78, 5) is 36.2. The van der Waals surface area contributed by atoms with Crippen molar-refractivity contribution in [3.8, 4) is 0 Å². The molecule has 2 unspecified atom stereocenters. The second-order valence-corrected chi connectivity index (χ2v) is 14.0. The van der Waals surface area contributed by atoms with Gasteiger partial charge in [0, 0.05) is 24.3 Å². The molecule has 0 bridgehead atoms. The van der Waals surface area contributed by atoms with E-state index in [0.29, 0.717) is 18.6 Å². The van der Waals surface area contributed by atoms with Gasteiger partial charge in [0.25, 0.3) is 0 Å². The van der Waals surface area contributed by atoms with Crippen LogP contribution < -0.4 is 5.32 Å². The molecule has 0 aliphatic carbocycles. The van der Waals surface area contributed by atoms with Crippen LogP contribution in [0.5, 0.6) is 0 Å². The highest BCUT2D eigenvalue weighted by atomic mass is 32.2. The van der Waals surface area contributed by atoms with E-state index in [1.54, 1.807) is 0 Å². The fourth-order valence-corrected chi connectivity index (χ4v) is 6.58. The first-order chi connectivity index (χ1) is 21.9. The SMILES string of the molecule is CCCCCCCCCCCCCCCC(=O)NC(CSCC(CO)OC(=O)CCCCCCCCCCCCCC)C(=O)O. The third-order valence-corrected chi connectivity index (χ3v) is 9.64. The summed E-state index contributed by atoms with van der Waals surface area (Å²) in [6.07, 6.45) is 30.8. The predicted molar refractivity (Wildman–Crippen MR) is 190 cm³/mol. The Morgan fingerprint density at radius 3 is 1.33 bits per heavy atom. The quantitative estimate of drug-likeness (QED) is 0.0459. The van der Waals surface area contributed by atoms with Gasteiger partial charge in [-0.1, -0.05) is 162 Å². The van der Waals surface area contributed by atoms with Crippen molar-refractivity contribution in [3.05, 3.63) is 0 Å². The summed E-state index contributed by atoms with van der Waals surface area (Å²) in [5, 5.41) is 21.8. The van der Waals surface area contributed by atoms with Gasteiger partial charge in [-0.15, -0.1) is 0 Å². The maximum atomic E-state index is 12.3. The van der Waals surface area contributed by atoms with Gasteiger partial charge >= 0.3 is 11.9 Å². The molecular formula is C37H71NO6S. The zero-order chi connectivity index (χ0) is 33.2. The maximum Gasteiger partial charge on any atom is 0.327 e. The molecule has 0 rings (SSSR count). The molecule has 3 N–H and O–H groups in total. The van der Waals surface area contributed by atoms with Gasteiger partial charge in [0.05, 0.1) is 6.61 Å². The predicted octanol–water partition coefficient (Wildman–Crippen LogP) is 9.77. The summed E-state index contributed by atoms with van der Waals surface area (Å²) in [6, 6.07) is -0.999. The minimum atomic E-state index is -1.08. The maximum absolute atomic E-state index is 12.3. The van der Waals surface area contributed by atoms with E-state index in [9.17, 15) is 24.6 Å². The number of thioether (sulfide) groups is 1. The number of aliphatic hydroxyl groups excluding tert-OH is 1. The number of nitrogens with one attached hydrogen (secondary N) is 1. The van der Waals surface area contributed by atoms with Crippen LogP contribution in [0.15, 0.2) is 0 Å². The van der Waals surface area contributed by atoms with E-state index < -0.39 is 18.1 Å². The minimum absolute atomic E-state index is 0.159. The van der Waals surface area contributed by atoms with E-state index in [-0.39, 0.29) is 24.2 Å². The smallest absolute Gasteiger partial charge is 0.327 e. The van der Waals surface area contributed by atoms with E-state index >= 15 is 0 Å². The standard InChI is InChI=1S/C37H71NO6S/c1-3-5-7-9-11-13-15-17-18-20-22-24-26-28-35(40)38-34(37(42)43)32-45-31-33(30-39)44-36(41)29-27-25-23-21-19-16-14-12-10-8-6-4-2/h33-34,39H,3-32H2,1-2H3,(H,38,40)(H,42,43). The number of hydrogen-bond acceptors (Lipinski definition) is 6. The monoisotopic (exact) mass is 658 g/mol. The summed E-state index contributed by atoms with van der Waals surface area (Å²) >= 11 is 1.27. The zero-order valence-electron chi connectivity index (χ0n) is 29.3. The number of carboxylic acid groups (broad SMARTS) is 1. The Labute approximate surface area is 281 Å². The molecule has 0 aliphatic rings. The van der Waals surface area contributed by atoms with Crippen molar-refractivity contribution >= 4 is 29.6 Å². The van der Waals surface area contributed by atoms with Crippen LogP contribution in [0.4, 0.5) is 0 Å². The van der Waals surface area contributed by atoms with E-state index in [1.807, 2.05) is 0 Å². The molecule has 0 spiro atoms. The van der Waals surface area contributed by atoms with Crippen molar-refractivity contribution in [1.29, 1.82) is 0 Å². The number of unbranched alkanes of at least 4 members (excludes halogenated alkanes) is 23. The summed E-state index contributed by atoms with van der Waals surface area (Å²) < 4.78 is 5.41. The molecule has 0 aliphatic heterocycles. The van der Waals surface area contributed by atoms with Gasteiger partial charge in [-0.25, -0.2) is 4.79 Å². The number of carboxylic acids is 1. The van der Waals surface area contributed by atoms with Crippen LogP contribution in [0.25, 0.3) is 0 Å². The Hall–Kier alpha value is -1.28. The third kappa shape index (κ3) is 31.1. The van der Waals surface area contributed by atoms with E-state index in [0.717, 1.165) is 38.5 Å². The molecule has 8 heteroatoms. The Morgan fingerprint density at radius 1 is 0.578 bits per heavy atom. The highest BCUT2D eigenvalue weighted by molar-refractivity contribution is 7.99. The third-order valence-electron chi connectivity index (χ3n) is 8.47. The van der Waals surface area contributed by atoms with Gasteiger partial charge in [0.15, 0.2) is 0 Å². The van der Waals surface area contributed by atoms with E-state index in [2.05, 4.69) is 19.2 Å². The number of carbonyl (C=O) groups is 3. The molecule has 0 radical (unpaired) electrons. The number of hydrogen-bond donors (Lipinski definition) is 3. The molecular weight excluding hydrogens is 586 g/mol. The molecule has 0 saturated carbocycles. The largest absolute Gasteiger partial charge is 0.480 e. The molecule has 0 aromatic rings. The second-order valence-electron chi connectivity index (χ2n) is 12.9. The Morgan fingerprint density at radius 2 is 0.956 bits per heavy atom. The number of rotatable bonds is 35. The van der Waals surface area contributed by atoms with Crippen LogP contribution in [-0.2, 0) is 19.1 Å². The normalized spacial score (nSPS) is 12.6. The van der Waals surface area contributed by atoms with Crippen LogP contribution in [0.1, 0.15) is 187 Å². The van der Waals surface area contributed by atoms with Gasteiger partial charge in [0.1, 0.15) is 12.1 Å². The molecule has 2 atom stereocenters. The number of amides is 1. The zero-order valence-corrected chi connectivity index (χ0v) is 30.1. The number of carbonyl (C=O) groups excluding carboxylic acids is 2. The molecule has 0 fully saturated rings. The van der Waals surface area contributed by atoms with Gasteiger partial charge in [-0.3, -0.25) is 9.59 Å². The molecule has 0 aromatic carbocycles. The average molecular weight is 658 g/mol. The van der Waals surface area contributed by atoms with E-state index in [1.165, 1.54) is 134 Å². The first-order valence-corrected chi connectivity index (χ1v) is 20.0. The summed E-state index contributed by atoms with van der Waals surface area (Å²) in [5.74, 6) is -1.18. The Kier molecular flexibility index (Phi) is 33.1. The molecule has 1 amide bonds. The van der Waals surface area contributed by atoms with Crippen molar-refractivity contribution in [1.82, 2.24) is 5.32 Å². The lowest BCUT2D eigenvalue weighted by atomic mass is 10.0. The fraction of sp³-hybridized carbons (Fsp3) is 0.919. The molecule has 45 heavy (non-hydrogen) atoms. The van der Waals surface area contributed by atoms with Gasteiger partial charge in [0.2, 0.25) is 5.91 Å². The summed E-state index contributed by atoms with van der Waals surface area (Å²) in [7, 11) is 0. The topological polar surface area (TPSA) is 113 Å². The lowest BCUT2D eigenvalue weighted by Gasteiger charge is -2.18. The van der Waals surface area contributed by atoms with Gasteiger partial charge in [-0.2, -0.15) is 11.8 Å². The summed E-state index contributed by atoms with van der Waals surface area (Å²) in [6.45, 7) is 4.19. The van der Waals surface area contributed by atoms with Gasteiger partial charge < -0.3 is 20.3 Å². The number of aliphatic hydroxyl groups is 1. The van der Waals surface area contributed by atoms with Crippen LogP contribution >= 0.6 is 11.8 Å². The number of ether oxygens (including phenoxy) is 1. The van der Waals surface area contributed by atoms with Crippen LogP contribution in [-0.4, -0.2) is 58.3 Å². The molecule has 266 valence electrons. The van der Waals surface area contributed by atoms with Crippen LogP contribution in [0.3, 0.4) is 0 Å². The number of esters is 1. The Bertz CT molecular complexity index is 692. The molecule has 0 heterocycles. The van der Waals surface area contributed by atoms with Crippen molar-refractivity contribution in [2.24, 2.45) is 0 Å². The van der Waals surface area contributed by atoms with E-state index in [4.69, 9.17) is 4.74 Å². The van der Waals surface area contributed by atoms with Crippen molar-refractivity contribution in [2.45, 2.75) is 199 Å². The van der Waals surface area contributed by atoms with Crippen LogP contribution in [0.2, 0.25) is 0 Å². The van der Waals surface area contributed by atoms with Crippen molar-refractivity contribution in [3.63, 3.8) is 0 Å². The first kappa shape index (κ1) is 43.7. The first-order valence-electron chi connectivity index (χ1n) is 18.8. The highest BCUT2D eigenvalue weighted by Gasteiger charge is 2.21.